The Hall–Kier alpha value is 0.200. The third-order valence-corrected chi connectivity index (χ3v) is 3.44. The summed E-state index contributed by atoms with van der Waals surface area (Å²) in [4.78, 5) is 10.8. The fourth-order valence-corrected chi connectivity index (χ4v) is 1.76. The van der Waals surface area contributed by atoms with E-state index in [-0.39, 0.29) is 5.91 Å². The van der Waals surface area contributed by atoms with Crippen molar-refractivity contribution in [2.75, 3.05) is 0 Å². The molecule has 0 saturated heterocycles. The molecule has 1 aliphatic rings. The number of hydrogen-bond donors (Lipinski definition) is 0. The van der Waals surface area contributed by atoms with Crippen LogP contribution in [-0.2, 0) is 4.79 Å². The highest BCUT2D eigenvalue weighted by Crippen LogP contribution is 2.32. The Morgan fingerprint density at radius 3 is 2.40 bits per heavy atom. The lowest BCUT2D eigenvalue weighted by molar-refractivity contribution is -0.125. The van der Waals surface area contributed by atoms with Gasteiger partial charge in [-0.3, -0.25) is 7.91 Å². The first-order valence-corrected chi connectivity index (χ1v) is 4.53. The van der Waals surface area contributed by atoms with Crippen LogP contribution in [0.25, 0.3) is 0 Å². The predicted molar refractivity (Wildman–Crippen MR) is 48.7 cm³/mol. The third kappa shape index (κ3) is 1.62. The maximum atomic E-state index is 10.8. The molecule has 2 nitrogen and oxygen atoms in total. The van der Waals surface area contributed by atoms with Crippen molar-refractivity contribution in [3.05, 3.63) is 0 Å². The summed E-state index contributed by atoms with van der Waals surface area (Å²) in [6, 6.07) is 0.521. The standard InChI is InChI=1S/C7H12INO/c1-5-3-7(4-5)9(8)6(2)10/h5,7H,3-4H2,1-2H3. The minimum absolute atomic E-state index is 0.178. The molecular formula is C7H12INO. The second-order valence-corrected chi connectivity index (χ2v) is 4.10. The van der Waals surface area contributed by atoms with Gasteiger partial charge in [0.25, 0.3) is 0 Å². The van der Waals surface area contributed by atoms with E-state index in [9.17, 15) is 4.79 Å². The van der Waals surface area contributed by atoms with Crippen molar-refractivity contribution < 1.29 is 4.79 Å². The Balaban J connectivity index is 2.31. The fraction of sp³-hybridized carbons (Fsp3) is 0.857. The lowest BCUT2D eigenvalue weighted by Crippen LogP contribution is -2.40. The zero-order valence-corrected chi connectivity index (χ0v) is 8.46. The van der Waals surface area contributed by atoms with Crippen molar-refractivity contribution in [1.29, 1.82) is 0 Å². The van der Waals surface area contributed by atoms with Gasteiger partial charge in [0, 0.05) is 13.0 Å². The van der Waals surface area contributed by atoms with Gasteiger partial charge in [-0.15, -0.1) is 0 Å². The average molecular weight is 253 g/mol. The Labute approximate surface area is 75.5 Å². The van der Waals surface area contributed by atoms with Gasteiger partial charge in [0.05, 0.1) is 22.9 Å². The van der Waals surface area contributed by atoms with E-state index in [1.54, 1.807) is 6.92 Å². The number of carbonyl (C=O) groups is 1. The molecule has 3 heteroatoms. The predicted octanol–water partition coefficient (Wildman–Crippen LogP) is 1.98. The summed E-state index contributed by atoms with van der Waals surface area (Å²) >= 11 is 2.10. The highest BCUT2D eigenvalue weighted by Gasteiger charge is 2.30. The summed E-state index contributed by atoms with van der Waals surface area (Å²) in [7, 11) is 0. The fourth-order valence-electron chi connectivity index (χ4n) is 1.30. The van der Waals surface area contributed by atoms with E-state index in [2.05, 4.69) is 29.8 Å². The molecule has 1 rings (SSSR count). The number of hydrogen-bond acceptors (Lipinski definition) is 1. The quantitative estimate of drug-likeness (QED) is 0.517. The highest BCUT2D eigenvalue weighted by molar-refractivity contribution is 14.1. The zero-order valence-electron chi connectivity index (χ0n) is 6.30. The summed E-state index contributed by atoms with van der Waals surface area (Å²) in [6.45, 7) is 3.84. The van der Waals surface area contributed by atoms with Crippen LogP contribution in [0.4, 0.5) is 0 Å². The van der Waals surface area contributed by atoms with Crippen LogP contribution in [0.1, 0.15) is 26.7 Å². The van der Waals surface area contributed by atoms with Gasteiger partial charge in [-0.2, -0.15) is 0 Å². The van der Waals surface area contributed by atoms with Crippen LogP contribution < -0.4 is 0 Å². The average Bonchev–Trinajstić information content (AvgIpc) is 1.79. The first-order valence-electron chi connectivity index (χ1n) is 3.57. The summed E-state index contributed by atoms with van der Waals surface area (Å²) in [5, 5.41) is 0. The van der Waals surface area contributed by atoms with E-state index in [0.717, 1.165) is 5.92 Å². The molecule has 0 radical (unpaired) electrons. The molecule has 1 saturated carbocycles. The second kappa shape index (κ2) is 3.07. The van der Waals surface area contributed by atoms with Gasteiger partial charge in [0.1, 0.15) is 0 Å². The number of nitrogens with zero attached hydrogens (tertiary/aromatic N) is 1. The molecule has 0 unspecified atom stereocenters. The molecule has 1 fully saturated rings. The number of halogens is 1. The zero-order chi connectivity index (χ0) is 7.72. The molecule has 0 bridgehead atoms. The summed E-state index contributed by atoms with van der Waals surface area (Å²) < 4.78 is 1.82. The van der Waals surface area contributed by atoms with Gasteiger partial charge in [-0.05, 0) is 18.8 Å². The van der Waals surface area contributed by atoms with Gasteiger partial charge in [0.15, 0.2) is 0 Å². The molecule has 0 spiro atoms. The first kappa shape index (κ1) is 8.30. The maximum absolute atomic E-state index is 10.8. The Morgan fingerprint density at radius 2 is 2.10 bits per heavy atom. The smallest absolute Gasteiger partial charge is 0.228 e. The van der Waals surface area contributed by atoms with E-state index in [4.69, 9.17) is 0 Å². The summed E-state index contributed by atoms with van der Waals surface area (Å²) in [5.41, 5.74) is 0. The Kier molecular flexibility index (Phi) is 2.55. The summed E-state index contributed by atoms with van der Waals surface area (Å²) in [5.74, 6) is 0.999. The van der Waals surface area contributed by atoms with E-state index in [0.29, 0.717) is 6.04 Å². The topological polar surface area (TPSA) is 20.3 Å². The lowest BCUT2D eigenvalue weighted by atomic mass is 9.82. The van der Waals surface area contributed by atoms with Crippen LogP contribution in [0.15, 0.2) is 0 Å². The van der Waals surface area contributed by atoms with Crippen molar-refractivity contribution in [3.63, 3.8) is 0 Å². The van der Waals surface area contributed by atoms with Gasteiger partial charge in [-0.25, -0.2) is 0 Å². The molecule has 1 amide bonds. The molecule has 0 aliphatic heterocycles. The maximum Gasteiger partial charge on any atom is 0.228 e. The molecular weight excluding hydrogens is 241 g/mol. The van der Waals surface area contributed by atoms with E-state index < -0.39 is 0 Å². The van der Waals surface area contributed by atoms with E-state index in [1.165, 1.54) is 12.8 Å². The van der Waals surface area contributed by atoms with E-state index in [1.807, 2.05) is 3.11 Å². The number of carbonyl (C=O) groups excluding carboxylic acids is 1. The van der Waals surface area contributed by atoms with Gasteiger partial charge in [-0.1, -0.05) is 6.92 Å². The van der Waals surface area contributed by atoms with Gasteiger partial charge < -0.3 is 0 Å². The largest absolute Gasteiger partial charge is 0.282 e. The van der Waals surface area contributed by atoms with Crippen LogP contribution in [-0.4, -0.2) is 15.1 Å². The molecule has 0 N–H and O–H groups in total. The molecule has 0 aromatic heterocycles. The van der Waals surface area contributed by atoms with Crippen molar-refractivity contribution in [2.45, 2.75) is 32.7 Å². The Morgan fingerprint density at radius 1 is 1.60 bits per heavy atom. The second-order valence-electron chi connectivity index (χ2n) is 3.06. The van der Waals surface area contributed by atoms with Gasteiger partial charge >= 0.3 is 0 Å². The molecule has 0 atom stereocenters. The van der Waals surface area contributed by atoms with Crippen LogP contribution in [0.2, 0.25) is 0 Å². The number of rotatable bonds is 1. The Bertz CT molecular complexity index is 143. The van der Waals surface area contributed by atoms with Crippen molar-refractivity contribution >= 4 is 28.8 Å². The molecule has 0 heterocycles. The molecule has 10 heavy (non-hydrogen) atoms. The van der Waals surface area contributed by atoms with E-state index >= 15 is 0 Å². The number of amides is 1. The van der Waals surface area contributed by atoms with Crippen LogP contribution >= 0.6 is 22.9 Å². The minimum Gasteiger partial charge on any atom is -0.282 e. The van der Waals surface area contributed by atoms with Crippen LogP contribution in [0, 0.1) is 5.92 Å². The molecule has 58 valence electrons. The third-order valence-electron chi connectivity index (χ3n) is 1.97. The normalized spacial score (nSPS) is 31.1. The van der Waals surface area contributed by atoms with Crippen LogP contribution in [0.3, 0.4) is 0 Å². The molecule has 0 aromatic carbocycles. The minimum atomic E-state index is 0.178. The molecule has 1 aliphatic carbocycles. The van der Waals surface area contributed by atoms with Crippen molar-refractivity contribution in [2.24, 2.45) is 5.92 Å². The summed E-state index contributed by atoms with van der Waals surface area (Å²) in [6.07, 6.45) is 2.37. The SMILES string of the molecule is CC(=O)N(I)C1CC(C)C1. The monoisotopic (exact) mass is 253 g/mol. The molecule has 0 aromatic rings. The van der Waals surface area contributed by atoms with Crippen molar-refractivity contribution in [1.82, 2.24) is 3.11 Å². The highest BCUT2D eigenvalue weighted by atomic mass is 127. The first-order chi connectivity index (χ1) is 4.61. The van der Waals surface area contributed by atoms with Crippen LogP contribution in [0.5, 0.6) is 0 Å². The lowest BCUT2D eigenvalue weighted by Gasteiger charge is -2.37. The van der Waals surface area contributed by atoms with Gasteiger partial charge in [0.2, 0.25) is 5.91 Å². The van der Waals surface area contributed by atoms with Crippen molar-refractivity contribution in [3.8, 4) is 0 Å².